The molecule has 0 spiro atoms. The molecule has 7 heteroatoms. The fraction of sp³-hybridized carbons (Fsp3) is 0.150. The number of hydrogen-bond donors (Lipinski definition) is 1. The van der Waals surface area contributed by atoms with Crippen molar-refractivity contribution in [3.05, 3.63) is 99.2 Å². The van der Waals surface area contributed by atoms with E-state index in [1.54, 1.807) is 37.6 Å². The molecule has 0 aliphatic carbocycles. The van der Waals surface area contributed by atoms with E-state index in [9.17, 15) is 18.4 Å². The first-order valence-electron chi connectivity index (χ1n) is 8.27. The summed E-state index contributed by atoms with van der Waals surface area (Å²) in [6.45, 7) is 1.94. The summed E-state index contributed by atoms with van der Waals surface area (Å²) in [5.41, 5.74) is 1.35. The van der Waals surface area contributed by atoms with Crippen LogP contribution in [0.4, 0.5) is 8.78 Å². The van der Waals surface area contributed by atoms with Crippen LogP contribution in [-0.2, 0) is 13.1 Å². The van der Waals surface area contributed by atoms with Gasteiger partial charge in [0.15, 0.2) is 11.6 Å². The number of nitrogens with one attached hydrogen (secondary N) is 1. The summed E-state index contributed by atoms with van der Waals surface area (Å²) in [4.78, 5) is 29.2. The predicted octanol–water partition coefficient (Wildman–Crippen LogP) is 2.81. The largest absolute Gasteiger partial charge is 0.348 e. The zero-order valence-electron chi connectivity index (χ0n) is 14.6. The molecule has 1 N–H and O–H groups in total. The number of hydrogen-bond acceptors (Lipinski definition) is 3. The van der Waals surface area contributed by atoms with Crippen molar-refractivity contribution >= 4 is 5.91 Å². The Bertz CT molecular complexity index is 1030. The number of aryl methyl sites for hydroxylation is 1. The van der Waals surface area contributed by atoms with Crippen LogP contribution >= 0.6 is 0 Å². The second kappa shape index (κ2) is 7.90. The summed E-state index contributed by atoms with van der Waals surface area (Å²) in [6, 6.07) is 8.66. The minimum atomic E-state index is -0.989. The Morgan fingerprint density at radius 3 is 2.67 bits per heavy atom. The number of carbonyl (C=O) groups is 1. The second-order valence-electron chi connectivity index (χ2n) is 6.10. The molecule has 138 valence electrons. The van der Waals surface area contributed by atoms with E-state index < -0.39 is 23.1 Å². The van der Waals surface area contributed by atoms with Gasteiger partial charge >= 0.3 is 0 Å². The molecule has 0 saturated carbocycles. The van der Waals surface area contributed by atoms with E-state index in [2.05, 4.69) is 10.3 Å². The van der Waals surface area contributed by atoms with Gasteiger partial charge in [-0.25, -0.2) is 8.78 Å². The fourth-order valence-corrected chi connectivity index (χ4v) is 2.67. The summed E-state index contributed by atoms with van der Waals surface area (Å²) in [6.07, 6.45) is 4.91. The van der Waals surface area contributed by atoms with Crippen LogP contribution in [0, 0.1) is 18.6 Å². The molecule has 3 rings (SSSR count). The van der Waals surface area contributed by atoms with Crippen molar-refractivity contribution < 1.29 is 13.6 Å². The predicted molar refractivity (Wildman–Crippen MR) is 96.3 cm³/mol. The SMILES string of the molecule is Cc1ccn(Cc2cccnc2)c(=O)c1C(=O)NCc1ccc(F)c(F)c1. The maximum Gasteiger partial charge on any atom is 0.263 e. The molecule has 2 aromatic heterocycles. The summed E-state index contributed by atoms with van der Waals surface area (Å²) in [5.74, 6) is -2.51. The normalized spacial score (nSPS) is 10.6. The lowest BCUT2D eigenvalue weighted by Crippen LogP contribution is -2.34. The number of rotatable bonds is 5. The van der Waals surface area contributed by atoms with Gasteiger partial charge in [-0.05, 0) is 47.9 Å². The van der Waals surface area contributed by atoms with Crippen LogP contribution in [0.5, 0.6) is 0 Å². The van der Waals surface area contributed by atoms with Gasteiger partial charge < -0.3 is 9.88 Å². The number of nitrogens with zero attached hydrogens (tertiary/aromatic N) is 2. The molecule has 0 bridgehead atoms. The highest BCUT2D eigenvalue weighted by Crippen LogP contribution is 2.09. The van der Waals surface area contributed by atoms with Crippen molar-refractivity contribution in [2.24, 2.45) is 0 Å². The molecule has 1 aromatic carbocycles. The molecule has 0 aliphatic rings. The number of halogens is 2. The molecule has 27 heavy (non-hydrogen) atoms. The molecule has 3 aromatic rings. The number of carbonyl (C=O) groups excluding carboxylic acids is 1. The van der Waals surface area contributed by atoms with E-state index in [0.717, 1.165) is 17.7 Å². The molecule has 1 amide bonds. The van der Waals surface area contributed by atoms with Gasteiger partial charge in [0.25, 0.3) is 11.5 Å². The first-order chi connectivity index (χ1) is 13.0. The third-order valence-electron chi connectivity index (χ3n) is 4.11. The fourth-order valence-electron chi connectivity index (χ4n) is 2.67. The third kappa shape index (κ3) is 4.25. The maximum atomic E-state index is 13.3. The topological polar surface area (TPSA) is 64.0 Å². The number of benzene rings is 1. The van der Waals surface area contributed by atoms with Gasteiger partial charge in [0.05, 0.1) is 6.54 Å². The van der Waals surface area contributed by atoms with E-state index >= 15 is 0 Å². The van der Waals surface area contributed by atoms with Gasteiger partial charge in [-0.3, -0.25) is 14.6 Å². The smallest absolute Gasteiger partial charge is 0.263 e. The first-order valence-corrected chi connectivity index (χ1v) is 8.27. The lowest BCUT2D eigenvalue weighted by molar-refractivity contribution is 0.0948. The quantitative estimate of drug-likeness (QED) is 0.752. The van der Waals surface area contributed by atoms with Crippen molar-refractivity contribution in [2.75, 3.05) is 0 Å². The Morgan fingerprint density at radius 2 is 1.96 bits per heavy atom. The van der Waals surface area contributed by atoms with Gasteiger partial charge in [0.1, 0.15) is 5.56 Å². The van der Waals surface area contributed by atoms with Crippen molar-refractivity contribution in [1.82, 2.24) is 14.9 Å². The Kier molecular flexibility index (Phi) is 5.40. The highest BCUT2D eigenvalue weighted by atomic mass is 19.2. The Balaban J connectivity index is 1.80. The summed E-state index contributed by atoms with van der Waals surface area (Å²) in [7, 11) is 0. The molecule has 0 saturated heterocycles. The lowest BCUT2D eigenvalue weighted by atomic mass is 10.1. The van der Waals surface area contributed by atoms with E-state index in [-0.39, 0.29) is 18.7 Å². The maximum absolute atomic E-state index is 13.3. The molecular formula is C20H17F2N3O2. The lowest BCUT2D eigenvalue weighted by Gasteiger charge is -2.11. The molecule has 2 heterocycles. The molecule has 0 unspecified atom stereocenters. The zero-order valence-corrected chi connectivity index (χ0v) is 14.6. The molecule has 0 atom stereocenters. The standard InChI is InChI=1S/C20H17F2N3O2/c1-13-6-8-25(12-15-3-2-7-23-10-15)20(27)18(13)19(26)24-11-14-4-5-16(21)17(22)9-14/h2-10H,11-12H2,1H3,(H,24,26). The molecule has 0 aliphatic heterocycles. The van der Waals surface area contributed by atoms with Crippen LogP contribution in [0.3, 0.4) is 0 Å². The second-order valence-corrected chi connectivity index (χ2v) is 6.10. The summed E-state index contributed by atoms with van der Waals surface area (Å²) < 4.78 is 27.7. The Morgan fingerprint density at radius 1 is 1.15 bits per heavy atom. The van der Waals surface area contributed by atoms with Crippen LogP contribution in [0.1, 0.15) is 27.0 Å². The van der Waals surface area contributed by atoms with Crippen molar-refractivity contribution in [2.45, 2.75) is 20.0 Å². The van der Waals surface area contributed by atoms with E-state index in [1.807, 2.05) is 6.07 Å². The first kappa shape index (κ1) is 18.4. The summed E-state index contributed by atoms with van der Waals surface area (Å²) >= 11 is 0. The van der Waals surface area contributed by atoms with Crippen LogP contribution in [0.15, 0.2) is 59.8 Å². The molecule has 5 nitrogen and oxygen atoms in total. The number of pyridine rings is 2. The van der Waals surface area contributed by atoms with Crippen LogP contribution < -0.4 is 10.9 Å². The summed E-state index contributed by atoms with van der Waals surface area (Å²) in [5, 5.41) is 2.58. The van der Waals surface area contributed by atoms with Crippen LogP contribution in [-0.4, -0.2) is 15.5 Å². The van der Waals surface area contributed by atoms with Gasteiger partial charge in [-0.15, -0.1) is 0 Å². The van der Waals surface area contributed by atoms with Gasteiger partial charge in [-0.1, -0.05) is 12.1 Å². The van der Waals surface area contributed by atoms with E-state index in [1.165, 1.54) is 10.6 Å². The van der Waals surface area contributed by atoms with Gasteiger partial charge in [-0.2, -0.15) is 0 Å². The monoisotopic (exact) mass is 369 g/mol. The van der Waals surface area contributed by atoms with Crippen LogP contribution in [0.2, 0.25) is 0 Å². The number of amides is 1. The highest BCUT2D eigenvalue weighted by molar-refractivity contribution is 5.95. The molecular weight excluding hydrogens is 352 g/mol. The molecule has 0 radical (unpaired) electrons. The Labute approximate surface area is 154 Å². The number of aromatic nitrogens is 2. The van der Waals surface area contributed by atoms with Gasteiger partial charge in [0.2, 0.25) is 0 Å². The Hall–Kier alpha value is -3.35. The van der Waals surface area contributed by atoms with Crippen LogP contribution in [0.25, 0.3) is 0 Å². The zero-order chi connectivity index (χ0) is 19.4. The minimum absolute atomic E-state index is 0.0176. The van der Waals surface area contributed by atoms with Gasteiger partial charge in [0, 0.05) is 25.1 Å². The third-order valence-corrected chi connectivity index (χ3v) is 4.11. The van der Waals surface area contributed by atoms with E-state index in [4.69, 9.17) is 0 Å². The average Bonchev–Trinajstić information content (AvgIpc) is 2.66. The average molecular weight is 369 g/mol. The van der Waals surface area contributed by atoms with Crippen molar-refractivity contribution in [3.8, 4) is 0 Å². The van der Waals surface area contributed by atoms with Crippen molar-refractivity contribution in [1.29, 1.82) is 0 Å². The van der Waals surface area contributed by atoms with E-state index in [0.29, 0.717) is 11.1 Å². The van der Waals surface area contributed by atoms with Crippen molar-refractivity contribution in [3.63, 3.8) is 0 Å². The molecule has 0 fully saturated rings. The highest BCUT2D eigenvalue weighted by Gasteiger charge is 2.16. The minimum Gasteiger partial charge on any atom is -0.348 e.